The molecule has 6 nitrogen and oxygen atoms in total. The average molecular weight is 460 g/mol. The molecule has 6 atom stereocenters. The molecule has 172 valence electrons. The third-order valence-electron chi connectivity index (χ3n) is 7.15. The fourth-order valence-electron chi connectivity index (χ4n) is 5.16. The summed E-state index contributed by atoms with van der Waals surface area (Å²) in [6.07, 6.45) is -1.20. The van der Waals surface area contributed by atoms with Gasteiger partial charge in [0.25, 0.3) is 0 Å². The van der Waals surface area contributed by atoms with Crippen molar-refractivity contribution in [2.75, 3.05) is 13.1 Å². The normalized spacial score (nSPS) is 34.3. The molecule has 1 unspecified atom stereocenters. The predicted molar refractivity (Wildman–Crippen MR) is 121 cm³/mol. The van der Waals surface area contributed by atoms with Crippen molar-refractivity contribution in [1.29, 1.82) is 0 Å². The Bertz CT molecular complexity index is 992. The number of aryl methyl sites for hydroxylation is 1. The lowest BCUT2D eigenvalue weighted by Gasteiger charge is -2.39. The van der Waals surface area contributed by atoms with Crippen LogP contribution in [0, 0.1) is 0 Å². The molecule has 0 aromatic heterocycles. The van der Waals surface area contributed by atoms with Crippen molar-refractivity contribution in [2.24, 2.45) is 0 Å². The number of hydrogen-bond donors (Lipinski definition) is 4. The lowest BCUT2D eigenvalue weighted by Crippen LogP contribution is -2.53. The fourth-order valence-corrected chi connectivity index (χ4v) is 5.34. The largest absolute Gasteiger partial charge is 0.486 e. The molecule has 2 fully saturated rings. The topological polar surface area (TPSA) is 91.2 Å². The van der Waals surface area contributed by atoms with E-state index in [1.54, 1.807) is 19.1 Å². The first kappa shape index (κ1) is 22.1. The quantitative estimate of drug-likeness (QED) is 0.564. The van der Waals surface area contributed by atoms with E-state index in [1.807, 2.05) is 6.07 Å². The van der Waals surface area contributed by atoms with E-state index in [-0.39, 0.29) is 5.60 Å². The molecule has 3 aliphatic heterocycles. The summed E-state index contributed by atoms with van der Waals surface area (Å²) in [5.74, 6) is 0.976. The summed E-state index contributed by atoms with van der Waals surface area (Å²) in [7, 11) is 0. The zero-order valence-electron chi connectivity index (χ0n) is 18.1. The summed E-state index contributed by atoms with van der Waals surface area (Å²) >= 11 is 6.50. The van der Waals surface area contributed by atoms with Crippen molar-refractivity contribution in [3.05, 3.63) is 63.7 Å². The molecule has 32 heavy (non-hydrogen) atoms. The van der Waals surface area contributed by atoms with Gasteiger partial charge in [-0.1, -0.05) is 35.9 Å². The smallest absolute Gasteiger partial charge is 0.123 e. The van der Waals surface area contributed by atoms with Crippen LogP contribution in [0.2, 0.25) is 5.02 Å². The highest BCUT2D eigenvalue weighted by atomic mass is 35.5. The molecule has 2 saturated heterocycles. The van der Waals surface area contributed by atoms with Gasteiger partial charge in [0.15, 0.2) is 0 Å². The maximum absolute atomic E-state index is 10.5. The molecular formula is C25H30ClNO5. The minimum absolute atomic E-state index is 0.0533. The van der Waals surface area contributed by atoms with Gasteiger partial charge in [0.2, 0.25) is 0 Å². The third-order valence-corrected chi connectivity index (χ3v) is 7.52. The zero-order chi connectivity index (χ0) is 22.5. The van der Waals surface area contributed by atoms with Crippen LogP contribution < -0.4 is 10.1 Å². The Morgan fingerprint density at radius 2 is 1.91 bits per heavy atom. The minimum Gasteiger partial charge on any atom is -0.486 e. The van der Waals surface area contributed by atoms with Gasteiger partial charge in [0, 0.05) is 18.0 Å². The van der Waals surface area contributed by atoms with Gasteiger partial charge in [-0.05, 0) is 67.1 Å². The van der Waals surface area contributed by atoms with E-state index >= 15 is 0 Å². The molecule has 0 bridgehead atoms. The summed E-state index contributed by atoms with van der Waals surface area (Å²) in [5.41, 5.74) is 3.96. The highest BCUT2D eigenvalue weighted by molar-refractivity contribution is 6.31. The minimum atomic E-state index is -1.26. The van der Waals surface area contributed by atoms with E-state index in [2.05, 4.69) is 23.5 Å². The van der Waals surface area contributed by atoms with Crippen LogP contribution in [0.1, 0.15) is 48.1 Å². The maximum atomic E-state index is 10.5. The number of hydrogen-bond acceptors (Lipinski definition) is 6. The number of aliphatic hydroxyl groups is 3. The Morgan fingerprint density at radius 1 is 1.06 bits per heavy atom. The average Bonchev–Trinajstić information content (AvgIpc) is 3.24. The second-order valence-corrected chi connectivity index (χ2v) is 9.82. The third kappa shape index (κ3) is 4.04. The van der Waals surface area contributed by atoms with Gasteiger partial charge >= 0.3 is 0 Å². The first-order valence-electron chi connectivity index (χ1n) is 11.3. The molecule has 3 aliphatic rings. The number of ether oxygens (including phenoxy) is 2. The Morgan fingerprint density at radius 3 is 2.69 bits per heavy atom. The molecule has 0 aliphatic carbocycles. The summed E-state index contributed by atoms with van der Waals surface area (Å²) in [5, 5.41) is 34.7. The van der Waals surface area contributed by atoms with E-state index < -0.39 is 30.5 Å². The Kier molecular flexibility index (Phi) is 5.95. The van der Waals surface area contributed by atoms with Crippen LogP contribution in [0.15, 0.2) is 36.4 Å². The Balaban J connectivity index is 1.36. The number of nitrogens with one attached hydrogen (secondary N) is 1. The number of rotatable bonds is 3. The summed E-state index contributed by atoms with van der Waals surface area (Å²) < 4.78 is 12.2. The molecule has 7 heteroatoms. The van der Waals surface area contributed by atoms with Crippen LogP contribution in [0.4, 0.5) is 0 Å². The van der Waals surface area contributed by atoms with Crippen molar-refractivity contribution < 1.29 is 24.8 Å². The first-order chi connectivity index (χ1) is 15.3. The highest BCUT2D eigenvalue weighted by Crippen LogP contribution is 2.38. The molecule has 0 amide bonds. The maximum Gasteiger partial charge on any atom is 0.123 e. The monoisotopic (exact) mass is 459 g/mol. The molecule has 2 aromatic carbocycles. The number of benzene rings is 2. The summed E-state index contributed by atoms with van der Waals surface area (Å²) in [4.78, 5) is 0. The van der Waals surface area contributed by atoms with Crippen LogP contribution >= 0.6 is 11.6 Å². The Hall–Kier alpha value is -1.67. The Labute approximate surface area is 193 Å². The van der Waals surface area contributed by atoms with Gasteiger partial charge in [0.05, 0.1) is 6.10 Å². The van der Waals surface area contributed by atoms with Crippen LogP contribution in [0.5, 0.6) is 5.75 Å². The standard InChI is InChI=1S/C25H30ClNO5/c1-14-21(28)22(29)23(30)24(31-14)17-3-4-19(26)18(12-17)11-15-2-5-20-16(10-15)6-7-25(32-20)8-9-27-13-25/h2-5,10,12,14,21-24,27-30H,6-9,11,13H2,1H3/t14-,21-,22+,23-,24+,25?/m1/s1. The number of fused-ring (bicyclic) bond motifs is 1. The first-order valence-corrected chi connectivity index (χ1v) is 11.7. The van der Waals surface area contributed by atoms with Gasteiger partial charge < -0.3 is 30.1 Å². The lowest BCUT2D eigenvalue weighted by molar-refractivity contribution is -0.219. The van der Waals surface area contributed by atoms with Gasteiger partial charge in [-0.3, -0.25) is 0 Å². The number of aliphatic hydroxyl groups excluding tert-OH is 3. The van der Waals surface area contributed by atoms with Gasteiger partial charge in [0.1, 0.15) is 35.8 Å². The van der Waals surface area contributed by atoms with Crippen molar-refractivity contribution >= 4 is 11.6 Å². The SMILES string of the molecule is C[C@H]1O[C@@H](c2ccc(Cl)c(Cc3ccc4c(c3)CCC3(CCNC3)O4)c2)[C@H](O)[C@@H](O)[C@@H]1O. The molecule has 5 rings (SSSR count). The van der Waals surface area contributed by atoms with Gasteiger partial charge in [-0.15, -0.1) is 0 Å². The van der Waals surface area contributed by atoms with Crippen LogP contribution in [0.25, 0.3) is 0 Å². The molecule has 0 saturated carbocycles. The van der Waals surface area contributed by atoms with E-state index in [1.165, 1.54) is 5.56 Å². The van der Waals surface area contributed by atoms with Crippen LogP contribution in [-0.2, 0) is 17.6 Å². The fraction of sp³-hybridized carbons (Fsp3) is 0.520. The van der Waals surface area contributed by atoms with Crippen molar-refractivity contribution in [1.82, 2.24) is 5.32 Å². The molecular weight excluding hydrogens is 430 g/mol. The zero-order valence-corrected chi connectivity index (χ0v) is 18.9. The van der Waals surface area contributed by atoms with E-state index in [4.69, 9.17) is 21.1 Å². The van der Waals surface area contributed by atoms with E-state index in [9.17, 15) is 15.3 Å². The van der Waals surface area contributed by atoms with Gasteiger partial charge in [-0.25, -0.2) is 0 Å². The second kappa shape index (κ2) is 8.60. The van der Waals surface area contributed by atoms with E-state index in [0.29, 0.717) is 11.4 Å². The highest BCUT2D eigenvalue weighted by Gasteiger charge is 2.42. The summed E-state index contributed by atoms with van der Waals surface area (Å²) in [6, 6.07) is 11.9. The van der Waals surface area contributed by atoms with Crippen molar-refractivity contribution in [2.45, 2.75) is 68.7 Å². The molecule has 3 heterocycles. The summed E-state index contributed by atoms with van der Waals surface area (Å²) in [6.45, 7) is 3.61. The van der Waals surface area contributed by atoms with Crippen LogP contribution in [0.3, 0.4) is 0 Å². The van der Waals surface area contributed by atoms with Crippen molar-refractivity contribution in [3.8, 4) is 5.75 Å². The molecule has 0 radical (unpaired) electrons. The van der Waals surface area contributed by atoms with Gasteiger partial charge in [-0.2, -0.15) is 0 Å². The van der Waals surface area contributed by atoms with E-state index in [0.717, 1.165) is 54.8 Å². The molecule has 4 N–H and O–H groups in total. The molecule has 2 aromatic rings. The molecule has 1 spiro atoms. The van der Waals surface area contributed by atoms with Crippen molar-refractivity contribution in [3.63, 3.8) is 0 Å². The number of halogens is 1. The predicted octanol–water partition coefficient (Wildman–Crippen LogP) is 2.53. The van der Waals surface area contributed by atoms with Crippen LogP contribution in [-0.4, -0.2) is 58.4 Å². The lowest BCUT2D eigenvalue weighted by atomic mass is 9.88. The second-order valence-electron chi connectivity index (χ2n) is 9.42.